The highest BCUT2D eigenvalue weighted by Gasteiger charge is 2.39. The molecule has 3 aromatic rings. The number of aromatic nitrogens is 3. The predicted molar refractivity (Wildman–Crippen MR) is 156 cm³/mol. The maximum atomic E-state index is 13.5. The highest BCUT2D eigenvalue weighted by molar-refractivity contribution is 7.90. The average Bonchev–Trinajstić information content (AvgIpc) is 3.13. The Kier molecular flexibility index (Phi) is 7.81. The monoisotopic (exact) mass is 566 g/mol. The van der Waals surface area contributed by atoms with Gasteiger partial charge in [-0.15, -0.1) is 0 Å². The zero-order valence-electron chi connectivity index (χ0n) is 24.1. The highest BCUT2D eigenvalue weighted by Crippen LogP contribution is 2.38. The number of amides is 1. The fourth-order valence-electron chi connectivity index (χ4n) is 4.83. The van der Waals surface area contributed by atoms with Gasteiger partial charge in [-0.1, -0.05) is 39.8 Å². The smallest absolute Gasteiger partial charge is 0.281 e. The SMILES string of the molecule is Cc1ccc(-c2ccc(C(=O)NS(=O)(=O)c3cccc(N)n3)c(N3CC(C)CC3(C)C)n2)nc1OCC(C)(C)C. The quantitative estimate of drug-likeness (QED) is 0.420. The normalized spacial score (nSPS) is 17.1. The van der Waals surface area contributed by atoms with Crippen molar-refractivity contribution in [3.8, 4) is 17.3 Å². The van der Waals surface area contributed by atoms with Crippen molar-refractivity contribution in [2.45, 2.75) is 65.5 Å². The number of carbonyl (C=O) groups is 1. The Balaban J connectivity index is 1.75. The molecule has 1 aliphatic rings. The first-order valence-electron chi connectivity index (χ1n) is 13.2. The van der Waals surface area contributed by atoms with Gasteiger partial charge in [0.25, 0.3) is 15.9 Å². The van der Waals surface area contributed by atoms with Crippen molar-refractivity contribution in [1.82, 2.24) is 19.7 Å². The van der Waals surface area contributed by atoms with Crippen molar-refractivity contribution < 1.29 is 17.9 Å². The average molecular weight is 567 g/mol. The van der Waals surface area contributed by atoms with Gasteiger partial charge in [0.2, 0.25) is 5.88 Å². The predicted octanol–water partition coefficient (Wildman–Crippen LogP) is 4.60. The van der Waals surface area contributed by atoms with E-state index in [0.29, 0.717) is 42.2 Å². The molecule has 10 nitrogen and oxygen atoms in total. The van der Waals surface area contributed by atoms with Gasteiger partial charge in [-0.25, -0.2) is 19.7 Å². The lowest BCUT2D eigenvalue weighted by atomic mass is 9.97. The molecule has 4 heterocycles. The maximum Gasteiger partial charge on any atom is 0.281 e. The Morgan fingerprint density at radius 2 is 1.77 bits per heavy atom. The molecule has 1 amide bonds. The molecule has 1 aliphatic heterocycles. The minimum absolute atomic E-state index is 0.0336. The molecule has 3 N–H and O–H groups in total. The van der Waals surface area contributed by atoms with Gasteiger partial charge in [-0.2, -0.15) is 8.42 Å². The van der Waals surface area contributed by atoms with E-state index in [2.05, 4.69) is 56.1 Å². The molecule has 3 aromatic heterocycles. The van der Waals surface area contributed by atoms with Crippen LogP contribution in [0.3, 0.4) is 0 Å². The number of rotatable bonds is 7. The molecule has 0 saturated carbocycles. The summed E-state index contributed by atoms with van der Waals surface area (Å²) in [6.45, 7) is 15.7. The van der Waals surface area contributed by atoms with E-state index >= 15 is 0 Å². The van der Waals surface area contributed by atoms with Crippen LogP contribution >= 0.6 is 0 Å². The van der Waals surface area contributed by atoms with E-state index in [1.165, 1.54) is 18.2 Å². The highest BCUT2D eigenvalue weighted by atomic mass is 32.2. The number of aryl methyl sites for hydroxylation is 1. The minimum atomic E-state index is -4.27. The van der Waals surface area contributed by atoms with Gasteiger partial charge >= 0.3 is 0 Å². The van der Waals surface area contributed by atoms with Gasteiger partial charge in [-0.05, 0) is 68.9 Å². The first kappa shape index (κ1) is 29.3. The van der Waals surface area contributed by atoms with Crippen LogP contribution in [0.1, 0.15) is 63.9 Å². The maximum absolute atomic E-state index is 13.5. The van der Waals surface area contributed by atoms with Crippen LogP contribution in [-0.4, -0.2) is 48.0 Å². The molecule has 1 unspecified atom stereocenters. The molecule has 0 aliphatic carbocycles. The van der Waals surface area contributed by atoms with Crippen molar-refractivity contribution in [1.29, 1.82) is 0 Å². The summed E-state index contributed by atoms with van der Waals surface area (Å²) in [5, 5.41) is -0.339. The van der Waals surface area contributed by atoms with Crippen LogP contribution in [-0.2, 0) is 10.0 Å². The Morgan fingerprint density at radius 1 is 1.10 bits per heavy atom. The lowest BCUT2D eigenvalue weighted by molar-refractivity contribution is 0.0981. The number of ether oxygens (including phenoxy) is 1. The zero-order chi connectivity index (χ0) is 29.5. The molecule has 0 aromatic carbocycles. The van der Waals surface area contributed by atoms with Gasteiger partial charge in [0.15, 0.2) is 5.03 Å². The summed E-state index contributed by atoms with van der Waals surface area (Å²) in [6, 6.07) is 11.3. The molecule has 40 heavy (non-hydrogen) atoms. The van der Waals surface area contributed by atoms with Gasteiger partial charge < -0.3 is 15.4 Å². The first-order chi connectivity index (χ1) is 18.6. The second-order valence-corrected chi connectivity index (χ2v) is 13.9. The van der Waals surface area contributed by atoms with Gasteiger partial charge in [0, 0.05) is 17.6 Å². The molecule has 0 radical (unpaired) electrons. The van der Waals surface area contributed by atoms with Crippen LogP contribution in [0.4, 0.5) is 11.6 Å². The van der Waals surface area contributed by atoms with Crippen molar-refractivity contribution in [3.63, 3.8) is 0 Å². The van der Waals surface area contributed by atoms with E-state index in [1.54, 1.807) is 12.1 Å². The number of hydrogen-bond donors (Lipinski definition) is 2. The number of carbonyl (C=O) groups excluding carboxylic acids is 1. The number of nitrogens with one attached hydrogen (secondary N) is 1. The Morgan fingerprint density at radius 3 is 2.40 bits per heavy atom. The fraction of sp³-hybridized carbons (Fsp3) is 0.448. The van der Waals surface area contributed by atoms with Crippen LogP contribution < -0.4 is 20.1 Å². The second-order valence-electron chi connectivity index (χ2n) is 12.3. The number of nitrogens with two attached hydrogens (primary N) is 1. The lowest BCUT2D eigenvalue weighted by Gasteiger charge is -2.34. The van der Waals surface area contributed by atoms with Crippen LogP contribution in [0.2, 0.25) is 0 Å². The Labute approximate surface area is 236 Å². The van der Waals surface area contributed by atoms with Crippen molar-refractivity contribution in [3.05, 3.63) is 53.6 Å². The third-order valence-corrected chi connectivity index (χ3v) is 7.88. The summed E-state index contributed by atoms with van der Waals surface area (Å²) >= 11 is 0. The molecule has 0 spiro atoms. The third kappa shape index (κ3) is 6.52. The fourth-order valence-corrected chi connectivity index (χ4v) is 5.77. The van der Waals surface area contributed by atoms with Crippen molar-refractivity contribution in [2.75, 3.05) is 23.8 Å². The van der Waals surface area contributed by atoms with Crippen molar-refractivity contribution >= 4 is 27.6 Å². The molecule has 1 fully saturated rings. The molecule has 214 valence electrons. The molecule has 1 atom stereocenters. The standard InChI is InChI=1S/C29H38N6O4S/c1-18-15-29(6,7)35(16-18)25-20(26(36)34-40(37,38)24-10-8-9-23(30)33-24)12-14-21(31-25)22-13-11-19(2)27(32-22)39-17-28(3,4)5/h8-14,18H,15-17H2,1-7H3,(H2,30,33)(H,34,36). The summed E-state index contributed by atoms with van der Waals surface area (Å²) in [7, 11) is -4.27. The van der Waals surface area contributed by atoms with Crippen LogP contribution in [0.15, 0.2) is 47.5 Å². The first-order valence-corrected chi connectivity index (χ1v) is 14.7. The Bertz CT molecular complexity index is 1530. The molecular formula is C29H38N6O4S. The minimum Gasteiger partial charge on any atom is -0.477 e. The summed E-state index contributed by atoms with van der Waals surface area (Å²) in [6.07, 6.45) is 0.888. The number of nitrogens with zero attached hydrogens (tertiary/aromatic N) is 4. The van der Waals surface area contributed by atoms with Crippen LogP contribution in [0.25, 0.3) is 11.4 Å². The van der Waals surface area contributed by atoms with E-state index < -0.39 is 15.9 Å². The molecular weight excluding hydrogens is 528 g/mol. The molecule has 4 rings (SSSR count). The van der Waals surface area contributed by atoms with E-state index in [0.717, 1.165) is 12.0 Å². The summed E-state index contributed by atoms with van der Waals surface area (Å²) in [5.74, 6) is 0.491. The molecule has 11 heteroatoms. The number of hydrogen-bond acceptors (Lipinski definition) is 9. The summed E-state index contributed by atoms with van der Waals surface area (Å²) in [4.78, 5) is 29.0. The van der Waals surface area contributed by atoms with Gasteiger partial charge in [0.1, 0.15) is 11.6 Å². The summed E-state index contributed by atoms with van der Waals surface area (Å²) < 4.78 is 34.1. The zero-order valence-corrected chi connectivity index (χ0v) is 25.0. The largest absolute Gasteiger partial charge is 0.477 e. The van der Waals surface area contributed by atoms with E-state index in [-0.39, 0.29) is 27.4 Å². The Hall–Kier alpha value is -3.73. The van der Waals surface area contributed by atoms with Gasteiger partial charge in [0.05, 0.1) is 23.6 Å². The number of sulfonamides is 1. The third-order valence-electron chi connectivity index (χ3n) is 6.65. The number of nitrogen functional groups attached to an aromatic ring is 1. The summed E-state index contributed by atoms with van der Waals surface area (Å²) in [5.41, 5.74) is 7.48. The van der Waals surface area contributed by atoms with Gasteiger partial charge in [-0.3, -0.25) is 4.79 Å². The number of anilines is 2. The topological polar surface area (TPSA) is 140 Å². The molecule has 0 bridgehead atoms. The van der Waals surface area contributed by atoms with Crippen LogP contribution in [0, 0.1) is 18.3 Å². The lowest BCUT2D eigenvalue weighted by Crippen LogP contribution is -2.41. The number of pyridine rings is 3. The second kappa shape index (κ2) is 10.7. The van der Waals surface area contributed by atoms with E-state index in [1.807, 2.05) is 19.1 Å². The molecule has 1 saturated heterocycles. The van der Waals surface area contributed by atoms with E-state index in [9.17, 15) is 13.2 Å². The van der Waals surface area contributed by atoms with E-state index in [4.69, 9.17) is 20.4 Å². The van der Waals surface area contributed by atoms with Crippen LogP contribution in [0.5, 0.6) is 5.88 Å². The van der Waals surface area contributed by atoms with Crippen molar-refractivity contribution in [2.24, 2.45) is 11.3 Å².